The molecule has 0 spiro atoms. The monoisotopic (exact) mass is 340 g/mol. The molecule has 2 aromatic rings. The summed E-state index contributed by atoms with van der Waals surface area (Å²) in [6, 6.07) is 21.5. The van der Waals surface area contributed by atoms with E-state index in [9.17, 15) is 5.11 Å². The maximum Gasteiger partial charge on any atom is 0.109 e. The first-order valence-corrected chi connectivity index (χ1v) is 11.8. The van der Waals surface area contributed by atoms with Crippen LogP contribution in [0.2, 0.25) is 19.1 Å². The summed E-state index contributed by atoms with van der Waals surface area (Å²) in [5.74, 6) is 0. The van der Waals surface area contributed by atoms with Gasteiger partial charge in [0, 0.05) is 6.61 Å². The molecule has 0 radical (unpaired) electrons. The van der Waals surface area contributed by atoms with Gasteiger partial charge in [-0.1, -0.05) is 91.1 Å². The van der Waals surface area contributed by atoms with Gasteiger partial charge in [0.15, 0.2) is 0 Å². The van der Waals surface area contributed by atoms with Crippen molar-refractivity contribution in [3.05, 3.63) is 78.4 Å². The van der Waals surface area contributed by atoms with Gasteiger partial charge in [-0.05, 0) is 18.5 Å². The molecule has 0 heterocycles. The lowest BCUT2D eigenvalue weighted by atomic mass is 10.0. The lowest BCUT2D eigenvalue weighted by Gasteiger charge is -2.23. The highest BCUT2D eigenvalue weighted by Gasteiger charge is 2.22. The van der Waals surface area contributed by atoms with Crippen LogP contribution in [-0.2, 0) is 4.74 Å². The van der Waals surface area contributed by atoms with Crippen LogP contribution in [0.4, 0.5) is 0 Å². The van der Waals surface area contributed by atoms with Gasteiger partial charge in [-0.15, -0.1) is 0 Å². The van der Waals surface area contributed by atoms with Crippen molar-refractivity contribution < 1.29 is 9.84 Å². The van der Waals surface area contributed by atoms with Crippen LogP contribution >= 0.6 is 0 Å². The smallest absolute Gasteiger partial charge is 0.109 e. The number of hydrogen-bond acceptors (Lipinski definition) is 2. The van der Waals surface area contributed by atoms with E-state index in [1.54, 1.807) is 0 Å². The molecule has 1 N–H and O–H groups in total. The molecule has 0 aliphatic heterocycles. The molecule has 0 saturated carbocycles. The minimum Gasteiger partial charge on any atom is -0.385 e. The average Bonchev–Trinajstić information content (AvgIpc) is 2.62. The molecule has 0 bridgehead atoms. The molecule has 0 aromatic heterocycles. The zero-order chi connectivity index (χ0) is 17.4. The van der Waals surface area contributed by atoms with Crippen molar-refractivity contribution in [1.29, 1.82) is 0 Å². The molecule has 0 aliphatic rings. The Morgan fingerprint density at radius 3 is 2.17 bits per heavy atom. The van der Waals surface area contributed by atoms with Gasteiger partial charge in [0.2, 0.25) is 0 Å². The molecule has 128 valence electrons. The van der Waals surface area contributed by atoms with Gasteiger partial charge >= 0.3 is 0 Å². The fourth-order valence-electron chi connectivity index (χ4n) is 2.79. The van der Waals surface area contributed by atoms with Gasteiger partial charge < -0.3 is 9.84 Å². The Morgan fingerprint density at radius 2 is 1.58 bits per heavy atom. The van der Waals surface area contributed by atoms with Gasteiger partial charge in [-0.25, -0.2) is 0 Å². The number of benzene rings is 2. The molecule has 3 heteroatoms. The summed E-state index contributed by atoms with van der Waals surface area (Å²) >= 11 is 0. The van der Waals surface area contributed by atoms with E-state index < -0.39 is 14.2 Å². The summed E-state index contributed by atoms with van der Waals surface area (Å²) in [6.07, 6.45) is 3.27. The van der Waals surface area contributed by atoms with Crippen LogP contribution < -0.4 is 5.19 Å². The van der Waals surface area contributed by atoms with E-state index in [1.807, 2.05) is 43.3 Å². The number of allylic oxidation sites excluding steroid dienone is 1. The molecule has 0 saturated heterocycles. The van der Waals surface area contributed by atoms with Crippen molar-refractivity contribution >= 4 is 13.3 Å². The van der Waals surface area contributed by atoms with Crippen LogP contribution in [0, 0.1) is 0 Å². The number of ether oxygens (including phenoxy) is 1. The number of rotatable bonds is 8. The minimum absolute atomic E-state index is 0.307. The fourth-order valence-corrected chi connectivity index (χ4v) is 4.84. The maximum atomic E-state index is 10.6. The lowest BCUT2D eigenvalue weighted by molar-refractivity contribution is -0.00581. The third-order valence-corrected chi connectivity index (χ3v) is 7.47. The van der Waals surface area contributed by atoms with Crippen molar-refractivity contribution in [3.63, 3.8) is 0 Å². The topological polar surface area (TPSA) is 29.5 Å². The molecule has 2 aromatic carbocycles. The molecule has 0 unspecified atom stereocenters. The van der Waals surface area contributed by atoms with Crippen molar-refractivity contribution in [2.24, 2.45) is 0 Å². The van der Waals surface area contributed by atoms with E-state index in [0.29, 0.717) is 6.61 Å². The molecule has 24 heavy (non-hydrogen) atoms. The van der Waals surface area contributed by atoms with Gasteiger partial charge in [0.25, 0.3) is 0 Å². The third kappa shape index (κ3) is 5.16. The summed E-state index contributed by atoms with van der Waals surface area (Å²) in [5, 5.41) is 12.0. The van der Waals surface area contributed by atoms with Crippen LogP contribution in [0.25, 0.3) is 0 Å². The number of aliphatic hydroxyl groups excluding tert-OH is 1. The Bertz CT molecular complexity index is 623. The first kappa shape index (κ1) is 18.7. The first-order valence-electron chi connectivity index (χ1n) is 8.61. The standard InChI is InChI=1S/C21H28O2Si/c1-4-23-20(21(22)18-12-7-5-8-13-18)16-11-17-24(2,3)19-14-9-6-10-15-19/h5-16,20-22H,4,17H2,1-3H3/b16-11+/t20-,21-/m1/s1. The largest absolute Gasteiger partial charge is 0.385 e. The van der Waals surface area contributed by atoms with Crippen molar-refractivity contribution in [3.8, 4) is 0 Å². The number of hydrogen-bond donors (Lipinski definition) is 1. The molecule has 0 fully saturated rings. The second-order valence-electron chi connectivity index (χ2n) is 6.66. The zero-order valence-corrected chi connectivity index (χ0v) is 15.9. The van der Waals surface area contributed by atoms with E-state index in [4.69, 9.17) is 4.74 Å². The van der Waals surface area contributed by atoms with E-state index in [-0.39, 0.29) is 6.10 Å². The summed E-state index contributed by atoms with van der Waals surface area (Å²) in [4.78, 5) is 0. The third-order valence-electron chi connectivity index (χ3n) is 4.32. The first-order chi connectivity index (χ1) is 11.5. The van der Waals surface area contributed by atoms with Crippen LogP contribution in [0.1, 0.15) is 18.6 Å². The molecule has 2 nitrogen and oxygen atoms in total. The highest BCUT2D eigenvalue weighted by molar-refractivity contribution is 6.90. The van der Waals surface area contributed by atoms with Gasteiger partial charge in [0.05, 0.1) is 8.07 Å². The normalized spacial score (nSPS) is 14.7. The summed E-state index contributed by atoms with van der Waals surface area (Å²) < 4.78 is 5.76. The predicted molar refractivity (Wildman–Crippen MR) is 104 cm³/mol. The molecule has 2 atom stereocenters. The zero-order valence-electron chi connectivity index (χ0n) is 14.9. The Labute approximate surface area is 146 Å². The average molecular weight is 341 g/mol. The van der Waals surface area contributed by atoms with E-state index >= 15 is 0 Å². The Hall–Kier alpha value is -1.68. The van der Waals surface area contributed by atoms with Crippen molar-refractivity contribution in [2.75, 3.05) is 6.61 Å². The summed E-state index contributed by atoms with van der Waals surface area (Å²) in [5.41, 5.74) is 0.889. The molecule has 2 rings (SSSR count). The maximum absolute atomic E-state index is 10.6. The Balaban J connectivity index is 2.06. The molecule has 0 amide bonds. The quantitative estimate of drug-likeness (QED) is 0.573. The predicted octanol–water partition coefficient (Wildman–Crippen LogP) is 4.30. The van der Waals surface area contributed by atoms with E-state index in [1.165, 1.54) is 5.19 Å². The SMILES string of the molecule is CCO[C@H](/C=C/C[Si](C)(C)c1ccccc1)[C@H](O)c1ccccc1. The summed E-state index contributed by atoms with van der Waals surface area (Å²) in [7, 11) is -1.51. The van der Waals surface area contributed by atoms with Crippen LogP contribution in [-0.4, -0.2) is 25.9 Å². The molecular weight excluding hydrogens is 312 g/mol. The van der Waals surface area contributed by atoms with Crippen molar-refractivity contribution in [1.82, 2.24) is 0 Å². The van der Waals surface area contributed by atoms with E-state index in [2.05, 4.69) is 49.5 Å². The van der Waals surface area contributed by atoms with Gasteiger partial charge in [-0.3, -0.25) is 0 Å². The second kappa shape index (κ2) is 8.97. The van der Waals surface area contributed by atoms with E-state index in [0.717, 1.165) is 11.6 Å². The fraction of sp³-hybridized carbons (Fsp3) is 0.333. The van der Waals surface area contributed by atoms with Crippen LogP contribution in [0.3, 0.4) is 0 Å². The highest BCUT2D eigenvalue weighted by Crippen LogP contribution is 2.21. The molecular formula is C21H28O2Si. The van der Waals surface area contributed by atoms with Gasteiger partial charge in [0.1, 0.15) is 12.2 Å². The highest BCUT2D eigenvalue weighted by atomic mass is 28.3. The van der Waals surface area contributed by atoms with Gasteiger partial charge in [-0.2, -0.15) is 0 Å². The Morgan fingerprint density at radius 1 is 1.00 bits per heavy atom. The lowest BCUT2D eigenvalue weighted by Crippen LogP contribution is -2.40. The van der Waals surface area contributed by atoms with Crippen LogP contribution in [0.5, 0.6) is 0 Å². The van der Waals surface area contributed by atoms with Crippen molar-refractivity contribution in [2.45, 2.75) is 38.3 Å². The van der Waals surface area contributed by atoms with Crippen LogP contribution in [0.15, 0.2) is 72.8 Å². The second-order valence-corrected chi connectivity index (χ2v) is 11.4. The number of aliphatic hydroxyl groups is 1. The Kier molecular flexibility index (Phi) is 6.97. The molecule has 0 aliphatic carbocycles. The summed E-state index contributed by atoms with van der Waals surface area (Å²) in [6.45, 7) is 7.28. The minimum atomic E-state index is -1.51.